The molecule has 0 aliphatic rings. The minimum absolute atomic E-state index is 0.0583. The van der Waals surface area contributed by atoms with E-state index in [1.165, 1.54) is 0 Å². The largest absolute Gasteiger partial charge is 0.377 e. The maximum Gasteiger partial charge on any atom is 0.138 e. The van der Waals surface area contributed by atoms with Gasteiger partial charge in [0.15, 0.2) is 0 Å². The number of aryl methyl sites for hydroxylation is 1. The Morgan fingerprint density at radius 2 is 2.06 bits per heavy atom. The summed E-state index contributed by atoms with van der Waals surface area (Å²) in [5.74, 6) is 0.934. The van der Waals surface area contributed by atoms with Gasteiger partial charge in [-0.2, -0.15) is 5.10 Å². The molecule has 17 heavy (non-hydrogen) atoms. The van der Waals surface area contributed by atoms with Crippen molar-refractivity contribution >= 4 is 0 Å². The first-order chi connectivity index (χ1) is 8.13. The van der Waals surface area contributed by atoms with Gasteiger partial charge in [-0.25, -0.2) is 4.98 Å². The lowest BCUT2D eigenvalue weighted by atomic mass is 9.86. The van der Waals surface area contributed by atoms with Crippen LogP contribution in [0.2, 0.25) is 0 Å². The Labute approximate surface area is 103 Å². The van der Waals surface area contributed by atoms with Gasteiger partial charge in [0, 0.05) is 26.1 Å². The highest BCUT2D eigenvalue weighted by atomic mass is 16.5. The summed E-state index contributed by atoms with van der Waals surface area (Å²) in [5, 5.41) is 4.16. The maximum absolute atomic E-state index is 6.29. The minimum atomic E-state index is -0.259. The molecule has 2 N–H and O–H groups in total. The zero-order valence-corrected chi connectivity index (χ0v) is 11.3. The Hall–Kier alpha value is -0.940. The van der Waals surface area contributed by atoms with Crippen molar-refractivity contribution in [2.45, 2.75) is 58.2 Å². The monoisotopic (exact) mass is 240 g/mol. The van der Waals surface area contributed by atoms with E-state index in [9.17, 15) is 0 Å². The molecule has 1 atom stereocenters. The van der Waals surface area contributed by atoms with Crippen LogP contribution in [0.1, 0.15) is 39.4 Å². The number of nitrogens with two attached hydrogens (primary N) is 1. The molecule has 0 saturated carbocycles. The fourth-order valence-electron chi connectivity index (χ4n) is 2.31. The van der Waals surface area contributed by atoms with Gasteiger partial charge < -0.3 is 10.5 Å². The van der Waals surface area contributed by atoms with Crippen molar-refractivity contribution in [3.8, 4) is 0 Å². The second-order valence-corrected chi connectivity index (χ2v) is 4.28. The summed E-state index contributed by atoms with van der Waals surface area (Å²) in [6, 6.07) is -0.0583. The van der Waals surface area contributed by atoms with Crippen LogP contribution < -0.4 is 5.73 Å². The van der Waals surface area contributed by atoms with Gasteiger partial charge in [-0.15, -0.1) is 0 Å². The predicted molar refractivity (Wildman–Crippen MR) is 67.7 cm³/mol. The molecule has 0 amide bonds. The smallest absolute Gasteiger partial charge is 0.138 e. The molecule has 5 heteroatoms. The molecule has 1 heterocycles. The van der Waals surface area contributed by atoms with E-state index in [1.807, 2.05) is 11.6 Å². The highest BCUT2D eigenvalue weighted by Gasteiger charge is 2.34. The van der Waals surface area contributed by atoms with Crippen molar-refractivity contribution in [1.29, 1.82) is 0 Å². The Bertz CT molecular complexity index is 325. The van der Waals surface area contributed by atoms with E-state index in [4.69, 9.17) is 10.5 Å². The highest BCUT2D eigenvalue weighted by Crippen LogP contribution is 2.24. The van der Waals surface area contributed by atoms with E-state index < -0.39 is 0 Å². The lowest BCUT2D eigenvalue weighted by Crippen LogP contribution is -2.50. The summed E-state index contributed by atoms with van der Waals surface area (Å²) < 4.78 is 7.52. The van der Waals surface area contributed by atoms with Crippen LogP contribution in [0.15, 0.2) is 6.33 Å². The molecular weight excluding hydrogens is 216 g/mol. The average molecular weight is 240 g/mol. The van der Waals surface area contributed by atoms with E-state index in [2.05, 4.69) is 23.9 Å². The lowest BCUT2D eigenvalue weighted by molar-refractivity contribution is -0.0380. The zero-order valence-electron chi connectivity index (χ0n) is 11.3. The Morgan fingerprint density at radius 1 is 1.41 bits per heavy atom. The number of aromatic nitrogens is 3. The van der Waals surface area contributed by atoms with E-state index in [-0.39, 0.29) is 11.6 Å². The SMILES string of the molecule is CCn1ncnc1CC(N)C(CC)(CC)OC. The summed E-state index contributed by atoms with van der Waals surface area (Å²) in [5.41, 5.74) is 6.03. The van der Waals surface area contributed by atoms with Crippen molar-refractivity contribution in [1.82, 2.24) is 14.8 Å². The first kappa shape index (κ1) is 14.1. The Kier molecular flexibility index (Phi) is 5.08. The molecule has 0 aliphatic carbocycles. The second-order valence-electron chi connectivity index (χ2n) is 4.28. The van der Waals surface area contributed by atoms with Gasteiger partial charge in [-0.1, -0.05) is 13.8 Å². The molecule has 5 nitrogen and oxygen atoms in total. The van der Waals surface area contributed by atoms with Crippen LogP contribution in [-0.2, 0) is 17.7 Å². The minimum Gasteiger partial charge on any atom is -0.377 e. The van der Waals surface area contributed by atoms with Crippen molar-refractivity contribution in [3.63, 3.8) is 0 Å². The average Bonchev–Trinajstić information content (AvgIpc) is 2.79. The Morgan fingerprint density at radius 3 is 2.53 bits per heavy atom. The van der Waals surface area contributed by atoms with E-state index >= 15 is 0 Å². The van der Waals surface area contributed by atoms with Crippen LogP contribution in [0.4, 0.5) is 0 Å². The molecule has 98 valence electrons. The quantitative estimate of drug-likeness (QED) is 0.781. The number of methoxy groups -OCH3 is 1. The summed E-state index contributed by atoms with van der Waals surface area (Å²) in [7, 11) is 1.73. The number of hydrogen-bond acceptors (Lipinski definition) is 4. The molecular formula is C12H24N4O. The fourth-order valence-corrected chi connectivity index (χ4v) is 2.31. The second kappa shape index (κ2) is 6.12. The van der Waals surface area contributed by atoms with Crippen LogP contribution in [0, 0.1) is 0 Å². The van der Waals surface area contributed by atoms with Crippen molar-refractivity contribution in [2.24, 2.45) is 5.73 Å². The van der Waals surface area contributed by atoms with Crippen LogP contribution in [-0.4, -0.2) is 33.5 Å². The van der Waals surface area contributed by atoms with Gasteiger partial charge in [0.25, 0.3) is 0 Å². The van der Waals surface area contributed by atoms with Gasteiger partial charge in [0.1, 0.15) is 12.2 Å². The molecule has 0 radical (unpaired) electrons. The normalized spacial score (nSPS) is 13.9. The summed E-state index contributed by atoms with van der Waals surface area (Å²) in [6.45, 7) is 7.09. The van der Waals surface area contributed by atoms with Crippen molar-refractivity contribution in [3.05, 3.63) is 12.2 Å². The Balaban J connectivity index is 2.80. The van der Waals surface area contributed by atoms with Crippen molar-refractivity contribution in [2.75, 3.05) is 7.11 Å². The molecule has 0 bridgehead atoms. The summed E-state index contributed by atoms with van der Waals surface area (Å²) in [4.78, 5) is 4.26. The first-order valence-electron chi connectivity index (χ1n) is 6.30. The molecule has 0 aromatic carbocycles. The highest BCUT2D eigenvalue weighted by molar-refractivity contribution is 4.97. The van der Waals surface area contributed by atoms with Crippen LogP contribution in [0.3, 0.4) is 0 Å². The van der Waals surface area contributed by atoms with Crippen LogP contribution >= 0.6 is 0 Å². The van der Waals surface area contributed by atoms with E-state index in [0.717, 1.165) is 25.2 Å². The van der Waals surface area contributed by atoms with Gasteiger partial charge in [0.2, 0.25) is 0 Å². The maximum atomic E-state index is 6.29. The van der Waals surface area contributed by atoms with E-state index in [1.54, 1.807) is 13.4 Å². The number of ether oxygens (including phenoxy) is 1. The fraction of sp³-hybridized carbons (Fsp3) is 0.833. The number of nitrogens with zero attached hydrogens (tertiary/aromatic N) is 3. The third-order valence-electron chi connectivity index (χ3n) is 3.68. The van der Waals surface area contributed by atoms with Gasteiger partial charge in [-0.3, -0.25) is 4.68 Å². The summed E-state index contributed by atoms with van der Waals surface area (Å²) >= 11 is 0. The summed E-state index contributed by atoms with van der Waals surface area (Å²) in [6.07, 6.45) is 4.09. The lowest BCUT2D eigenvalue weighted by Gasteiger charge is -2.36. The third-order valence-corrected chi connectivity index (χ3v) is 3.68. The van der Waals surface area contributed by atoms with Crippen LogP contribution in [0.5, 0.6) is 0 Å². The van der Waals surface area contributed by atoms with Crippen molar-refractivity contribution < 1.29 is 4.74 Å². The molecule has 0 fully saturated rings. The predicted octanol–water partition coefficient (Wildman–Crippen LogP) is 1.37. The zero-order chi connectivity index (χ0) is 12.9. The molecule has 1 aromatic heterocycles. The van der Waals surface area contributed by atoms with Gasteiger partial charge in [-0.05, 0) is 19.8 Å². The van der Waals surface area contributed by atoms with E-state index in [0.29, 0.717) is 6.42 Å². The van der Waals surface area contributed by atoms with Gasteiger partial charge >= 0.3 is 0 Å². The molecule has 1 unspecified atom stereocenters. The molecule has 1 aromatic rings. The molecule has 0 saturated heterocycles. The number of hydrogen-bond donors (Lipinski definition) is 1. The van der Waals surface area contributed by atoms with Gasteiger partial charge in [0.05, 0.1) is 5.60 Å². The third kappa shape index (κ3) is 2.84. The first-order valence-corrected chi connectivity index (χ1v) is 6.30. The topological polar surface area (TPSA) is 66.0 Å². The number of rotatable bonds is 7. The molecule has 0 spiro atoms. The molecule has 0 aliphatic heterocycles. The van der Waals surface area contributed by atoms with Crippen LogP contribution in [0.25, 0.3) is 0 Å². The molecule has 1 rings (SSSR count). The standard InChI is InChI=1S/C12H24N4O/c1-5-12(6-2,17-4)10(13)8-11-14-9-15-16(11)7-3/h9-10H,5-8,13H2,1-4H3.